The van der Waals surface area contributed by atoms with Crippen molar-refractivity contribution in [2.45, 2.75) is 111 Å². The minimum atomic E-state index is 0.555. The van der Waals surface area contributed by atoms with Crippen molar-refractivity contribution in [3.05, 3.63) is 33.9 Å². The van der Waals surface area contributed by atoms with Gasteiger partial charge in [0.2, 0.25) is 0 Å². The van der Waals surface area contributed by atoms with Crippen molar-refractivity contribution < 1.29 is 0 Å². The zero-order chi connectivity index (χ0) is 19.2. The molecule has 3 aliphatic rings. The molecule has 0 spiro atoms. The van der Waals surface area contributed by atoms with E-state index in [4.69, 9.17) is 0 Å². The Morgan fingerprint density at radius 2 is 1.78 bits per heavy atom. The Kier molecular flexibility index (Phi) is 5.47. The Morgan fingerprint density at radius 3 is 2.56 bits per heavy atom. The maximum Gasteiger partial charge on any atom is -0.0102 e. The first kappa shape index (κ1) is 19.5. The molecule has 0 unspecified atom stereocenters. The highest BCUT2D eigenvalue weighted by Gasteiger charge is 2.51. The summed E-state index contributed by atoms with van der Waals surface area (Å²) in [6.07, 6.45) is 15.5. The van der Waals surface area contributed by atoms with Gasteiger partial charge in [-0.15, -0.1) is 0 Å². The van der Waals surface area contributed by atoms with Crippen molar-refractivity contribution >= 4 is 0 Å². The molecule has 1 saturated carbocycles. The van der Waals surface area contributed by atoms with Crippen LogP contribution < -0.4 is 0 Å². The van der Waals surface area contributed by atoms with E-state index in [-0.39, 0.29) is 0 Å². The largest absolute Gasteiger partial charge is 0.0628 e. The standard InChI is InChI=1S/C27H42/c1-18(2)9-8-10-19(3)25-13-14-26-24-17-21-11-6-7-12-22(21)20(4)23(24)15-16-27(25,26)5/h17-19,25-26H,6-16H2,1-5H3/t19-,25+,26-,27+/m0/s1. The van der Waals surface area contributed by atoms with Gasteiger partial charge in [0.15, 0.2) is 0 Å². The van der Waals surface area contributed by atoms with Gasteiger partial charge in [-0.05, 0) is 115 Å². The van der Waals surface area contributed by atoms with Crippen LogP contribution >= 0.6 is 0 Å². The molecule has 0 radical (unpaired) electrons. The number of benzene rings is 1. The first-order valence-electron chi connectivity index (χ1n) is 12.1. The molecule has 0 heteroatoms. The lowest BCUT2D eigenvalue weighted by molar-refractivity contribution is 0.118. The molecule has 0 nitrogen and oxygen atoms in total. The summed E-state index contributed by atoms with van der Waals surface area (Å²) in [5.41, 5.74) is 9.26. The predicted octanol–water partition coefficient (Wildman–Crippen LogP) is 7.78. The minimum absolute atomic E-state index is 0.555. The summed E-state index contributed by atoms with van der Waals surface area (Å²) in [5.74, 6) is 3.54. The van der Waals surface area contributed by atoms with Gasteiger partial charge in [-0.1, -0.05) is 53.0 Å². The summed E-state index contributed by atoms with van der Waals surface area (Å²) in [7, 11) is 0. The Balaban J connectivity index is 1.58. The van der Waals surface area contributed by atoms with Crippen molar-refractivity contribution in [1.29, 1.82) is 0 Å². The lowest BCUT2D eigenvalue weighted by atomic mass is 9.59. The molecule has 150 valence electrons. The van der Waals surface area contributed by atoms with E-state index in [1.165, 1.54) is 70.6 Å². The lowest BCUT2D eigenvalue weighted by Crippen LogP contribution is -2.35. The van der Waals surface area contributed by atoms with E-state index in [0.29, 0.717) is 5.41 Å². The average molecular weight is 367 g/mol. The molecule has 1 aromatic carbocycles. The number of hydrogen-bond donors (Lipinski definition) is 0. The molecule has 0 aromatic heterocycles. The molecule has 4 rings (SSSR count). The zero-order valence-corrected chi connectivity index (χ0v) is 18.7. The molecule has 0 amide bonds. The van der Waals surface area contributed by atoms with Crippen molar-refractivity contribution in [1.82, 2.24) is 0 Å². The molecule has 27 heavy (non-hydrogen) atoms. The van der Waals surface area contributed by atoms with E-state index < -0.39 is 0 Å². The Labute approximate surface area is 168 Å². The van der Waals surface area contributed by atoms with Crippen LogP contribution in [-0.4, -0.2) is 0 Å². The van der Waals surface area contributed by atoms with Crippen LogP contribution in [0.15, 0.2) is 6.07 Å². The van der Waals surface area contributed by atoms with Crippen LogP contribution in [-0.2, 0) is 19.3 Å². The van der Waals surface area contributed by atoms with E-state index in [2.05, 4.69) is 40.7 Å². The molecule has 0 saturated heterocycles. The fraction of sp³-hybridized carbons (Fsp3) is 0.778. The fourth-order valence-electron chi connectivity index (χ4n) is 7.35. The first-order chi connectivity index (χ1) is 12.9. The second kappa shape index (κ2) is 7.57. The molecule has 0 aliphatic heterocycles. The van der Waals surface area contributed by atoms with Gasteiger partial charge < -0.3 is 0 Å². The molecule has 1 aromatic rings. The summed E-state index contributed by atoms with van der Waals surface area (Å²) in [5, 5.41) is 0. The topological polar surface area (TPSA) is 0 Å². The third-order valence-corrected chi connectivity index (χ3v) is 8.92. The van der Waals surface area contributed by atoms with E-state index >= 15 is 0 Å². The summed E-state index contributed by atoms with van der Waals surface area (Å²) >= 11 is 0. The van der Waals surface area contributed by atoms with E-state index in [9.17, 15) is 0 Å². The molecular formula is C27H42. The van der Waals surface area contributed by atoms with Crippen LogP contribution in [0.4, 0.5) is 0 Å². The van der Waals surface area contributed by atoms with Crippen LogP contribution in [0.5, 0.6) is 0 Å². The highest BCUT2D eigenvalue weighted by molar-refractivity contribution is 5.50. The van der Waals surface area contributed by atoms with E-state index in [1.54, 1.807) is 27.8 Å². The number of rotatable bonds is 5. The van der Waals surface area contributed by atoms with Crippen molar-refractivity contribution in [2.75, 3.05) is 0 Å². The maximum atomic E-state index is 2.70. The number of aryl methyl sites for hydroxylation is 1. The molecule has 3 aliphatic carbocycles. The van der Waals surface area contributed by atoms with Crippen molar-refractivity contribution in [3.8, 4) is 0 Å². The molecule has 4 atom stereocenters. The second-order valence-corrected chi connectivity index (χ2v) is 11.0. The normalized spacial score (nSPS) is 30.7. The van der Waals surface area contributed by atoms with Gasteiger partial charge in [0.05, 0.1) is 0 Å². The third kappa shape index (κ3) is 3.40. The summed E-state index contributed by atoms with van der Waals surface area (Å²) in [6.45, 7) is 12.4. The van der Waals surface area contributed by atoms with Crippen molar-refractivity contribution in [2.24, 2.45) is 23.2 Å². The van der Waals surface area contributed by atoms with Gasteiger partial charge in [-0.2, -0.15) is 0 Å². The molecule has 0 heterocycles. The fourth-order valence-corrected chi connectivity index (χ4v) is 7.35. The van der Waals surface area contributed by atoms with Gasteiger partial charge in [-0.3, -0.25) is 0 Å². The number of hydrogen-bond acceptors (Lipinski definition) is 0. The summed E-state index contributed by atoms with van der Waals surface area (Å²) < 4.78 is 0. The molecular weight excluding hydrogens is 324 g/mol. The Bertz CT molecular complexity index is 682. The summed E-state index contributed by atoms with van der Waals surface area (Å²) in [6, 6.07) is 2.70. The highest BCUT2D eigenvalue weighted by atomic mass is 14.5. The maximum absolute atomic E-state index is 2.70. The van der Waals surface area contributed by atoms with E-state index in [0.717, 1.165) is 23.7 Å². The van der Waals surface area contributed by atoms with Crippen LogP contribution in [0, 0.1) is 30.1 Å². The van der Waals surface area contributed by atoms with E-state index in [1.807, 2.05) is 0 Å². The zero-order valence-electron chi connectivity index (χ0n) is 18.7. The van der Waals surface area contributed by atoms with Gasteiger partial charge in [-0.25, -0.2) is 0 Å². The SMILES string of the molecule is Cc1c2c(cc3c1CC[C@]1(C)[C@@H]([C@@H](C)CCCC(C)C)CC[C@@H]31)CCCC2. The number of fused-ring (bicyclic) bond motifs is 4. The average Bonchev–Trinajstić information content (AvgIpc) is 2.99. The van der Waals surface area contributed by atoms with Crippen molar-refractivity contribution in [3.63, 3.8) is 0 Å². The smallest absolute Gasteiger partial charge is 0.0102 e. The second-order valence-electron chi connectivity index (χ2n) is 11.0. The quantitative estimate of drug-likeness (QED) is 0.499. The monoisotopic (exact) mass is 366 g/mol. The minimum Gasteiger partial charge on any atom is -0.0628 e. The van der Waals surface area contributed by atoms with Crippen LogP contribution in [0.3, 0.4) is 0 Å². The van der Waals surface area contributed by atoms with Gasteiger partial charge in [0.25, 0.3) is 0 Å². The lowest BCUT2D eigenvalue weighted by Gasteiger charge is -2.45. The Hall–Kier alpha value is -0.780. The summed E-state index contributed by atoms with van der Waals surface area (Å²) in [4.78, 5) is 0. The first-order valence-corrected chi connectivity index (χ1v) is 12.1. The third-order valence-electron chi connectivity index (χ3n) is 8.92. The molecule has 1 fully saturated rings. The molecule has 0 bridgehead atoms. The Morgan fingerprint density at radius 1 is 1.00 bits per heavy atom. The van der Waals surface area contributed by atoms with Crippen LogP contribution in [0.2, 0.25) is 0 Å². The molecule has 0 N–H and O–H groups in total. The van der Waals surface area contributed by atoms with Crippen LogP contribution in [0.25, 0.3) is 0 Å². The van der Waals surface area contributed by atoms with Gasteiger partial charge >= 0.3 is 0 Å². The van der Waals surface area contributed by atoms with Crippen LogP contribution in [0.1, 0.15) is 113 Å². The van der Waals surface area contributed by atoms with Gasteiger partial charge in [0.1, 0.15) is 0 Å². The predicted molar refractivity (Wildman–Crippen MR) is 118 cm³/mol. The van der Waals surface area contributed by atoms with Gasteiger partial charge in [0, 0.05) is 0 Å². The highest BCUT2D eigenvalue weighted by Crippen LogP contribution is 2.61.